The maximum absolute atomic E-state index is 5.97. The molecule has 3 heterocycles. The minimum atomic E-state index is -0.147. The molecule has 0 bridgehead atoms. The van der Waals surface area contributed by atoms with Gasteiger partial charge in [0.2, 0.25) is 0 Å². The summed E-state index contributed by atoms with van der Waals surface area (Å²) in [4.78, 5) is 12.0. The van der Waals surface area contributed by atoms with E-state index in [-0.39, 0.29) is 5.60 Å². The minimum Gasteiger partial charge on any atom is -0.374 e. The molecule has 1 saturated heterocycles. The predicted molar refractivity (Wildman–Crippen MR) is 115 cm³/mol. The molecular weight excluding hydrogens is 348 g/mol. The molecule has 3 aromatic rings. The maximum atomic E-state index is 5.97. The van der Waals surface area contributed by atoms with Crippen molar-refractivity contribution >= 4 is 16.9 Å². The minimum absolute atomic E-state index is 0.147. The zero-order valence-electron chi connectivity index (χ0n) is 17.4. The first-order valence-corrected chi connectivity index (χ1v) is 10.2. The van der Waals surface area contributed by atoms with E-state index in [9.17, 15) is 0 Å². The van der Waals surface area contributed by atoms with Gasteiger partial charge in [-0.3, -0.25) is 0 Å². The number of aromatic nitrogens is 3. The van der Waals surface area contributed by atoms with E-state index in [2.05, 4.69) is 67.5 Å². The fourth-order valence-corrected chi connectivity index (χ4v) is 3.93. The normalized spacial score (nSPS) is 17.6. The summed E-state index contributed by atoms with van der Waals surface area (Å²) in [5.74, 6) is 2.01. The van der Waals surface area contributed by atoms with Crippen LogP contribution in [0.25, 0.3) is 22.4 Å². The molecule has 1 aliphatic rings. The highest BCUT2D eigenvalue weighted by Gasteiger charge is 2.22. The van der Waals surface area contributed by atoms with Crippen LogP contribution in [0.2, 0.25) is 0 Å². The molecule has 1 atom stereocenters. The second-order valence-electron chi connectivity index (χ2n) is 8.63. The quantitative estimate of drug-likeness (QED) is 0.633. The van der Waals surface area contributed by atoms with Crippen molar-refractivity contribution in [1.29, 1.82) is 0 Å². The van der Waals surface area contributed by atoms with E-state index in [1.165, 1.54) is 12.8 Å². The number of fused-ring (bicyclic) bond motifs is 1. The van der Waals surface area contributed by atoms with Gasteiger partial charge in [-0.25, -0.2) is 9.97 Å². The fraction of sp³-hybridized carbons (Fsp3) is 0.478. The summed E-state index contributed by atoms with van der Waals surface area (Å²) in [7, 11) is 0. The lowest BCUT2D eigenvalue weighted by Crippen LogP contribution is -2.27. The summed E-state index contributed by atoms with van der Waals surface area (Å²) < 4.78 is 8.22. The van der Waals surface area contributed by atoms with Gasteiger partial charge in [-0.2, -0.15) is 0 Å². The molecule has 0 N–H and O–H groups in total. The summed E-state index contributed by atoms with van der Waals surface area (Å²) in [6.07, 6.45) is 4.45. The Kier molecular flexibility index (Phi) is 5.11. The third-order valence-corrected chi connectivity index (χ3v) is 5.36. The smallest absolute Gasteiger partial charge is 0.142 e. The molecule has 0 saturated carbocycles. The molecule has 1 aromatic carbocycles. The topological polar surface area (TPSA) is 43.2 Å². The Balaban J connectivity index is 1.64. The second-order valence-corrected chi connectivity index (χ2v) is 8.63. The molecular formula is C23H30N4O. The van der Waals surface area contributed by atoms with Gasteiger partial charge in [-0.05, 0) is 64.8 Å². The van der Waals surface area contributed by atoms with Gasteiger partial charge >= 0.3 is 0 Å². The molecule has 0 aliphatic carbocycles. The molecule has 2 aromatic heterocycles. The van der Waals surface area contributed by atoms with E-state index in [0.717, 1.165) is 41.3 Å². The number of benzene rings is 1. The van der Waals surface area contributed by atoms with Crippen LogP contribution in [-0.2, 0) is 11.3 Å². The van der Waals surface area contributed by atoms with E-state index in [0.29, 0.717) is 12.6 Å². The van der Waals surface area contributed by atoms with E-state index >= 15 is 0 Å². The van der Waals surface area contributed by atoms with Gasteiger partial charge in [-0.15, -0.1) is 0 Å². The van der Waals surface area contributed by atoms with Crippen molar-refractivity contribution in [1.82, 2.24) is 14.5 Å². The van der Waals surface area contributed by atoms with Crippen molar-refractivity contribution in [2.75, 3.05) is 18.1 Å². The number of imidazole rings is 1. The van der Waals surface area contributed by atoms with Crippen LogP contribution in [-0.4, -0.2) is 39.3 Å². The number of rotatable bonds is 5. The molecule has 0 spiro atoms. The lowest BCUT2D eigenvalue weighted by atomic mass is 10.2. The molecule has 148 valence electrons. The summed E-state index contributed by atoms with van der Waals surface area (Å²) in [5.41, 5.74) is 3.03. The van der Waals surface area contributed by atoms with Crippen molar-refractivity contribution in [2.24, 2.45) is 0 Å². The third-order valence-electron chi connectivity index (χ3n) is 5.36. The number of ether oxygens (including phenoxy) is 1. The van der Waals surface area contributed by atoms with Gasteiger partial charge in [0.15, 0.2) is 0 Å². The van der Waals surface area contributed by atoms with Crippen LogP contribution < -0.4 is 4.90 Å². The number of pyridine rings is 1. The number of hydrogen-bond donors (Lipinski definition) is 0. The van der Waals surface area contributed by atoms with Gasteiger partial charge in [0.05, 0.1) is 23.2 Å². The number of anilines is 1. The van der Waals surface area contributed by atoms with Gasteiger partial charge in [-0.1, -0.05) is 12.1 Å². The maximum Gasteiger partial charge on any atom is 0.142 e. The van der Waals surface area contributed by atoms with Crippen molar-refractivity contribution in [3.8, 4) is 11.4 Å². The third kappa shape index (κ3) is 3.90. The first-order valence-electron chi connectivity index (χ1n) is 10.2. The zero-order chi connectivity index (χ0) is 19.7. The van der Waals surface area contributed by atoms with Crippen LogP contribution in [0.5, 0.6) is 0 Å². The molecule has 4 rings (SSSR count). The van der Waals surface area contributed by atoms with Crippen LogP contribution >= 0.6 is 0 Å². The van der Waals surface area contributed by atoms with Crippen molar-refractivity contribution in [2.45, 2.75) is 58.7 Å². The van der Waals surface area contributed by atoms with Gasteiger partial charge < -0.3 is 14.2 Å². The van der Waals surface area contributed by atoms with E-state index < -0.39 is 0 Å². The fourth-order valence-electron chi connectivity index (χ4n) is 3.93. The largest absolute Gasteiger partial charge is 0.374 e. The Morgan fingerprint density at radius 2 is 1.96 bits per heavy atom. The molecule has 1 aliphatic heterocycles. The molecule has 5 heteroatoms. The summed E-state index contributed by atoms with van der Waals surface area (Å²) in [6.45, 7) is 11.0. The molecule has 1 fully saturated rings. The number of hydrogen-bond acceptors (Lipinski definition) is 4. The summed E-state index contributed by atoms with van der Waals surface area (Å²) in [6, 6.07) is 13.1. The first kappa shape index (κ1) is 18.9. The van der Waals surface area contributed by atoms with E-state index in [4.69, 9.17) is 14.7 Å². The Labute approximate surface area is 167 Å². The van der Waals surface area contributed by atoms with Gasteiger partial charge in [0, 0.05) is 30.9 Å². The lowest BCUT2D eigenvalue weighted by Gasteiger charge is -2.22. The van der Waals surface area contributed by atoms with Crippen LogP contribution in [0.3, 0.4) is 0 Å². The standard InChI is InChI=1S/C23H30N4O/c1-17-8-7-13-26(17)21-12-11-18(16-24-21)22-25-19-9-5-6-10-20(19)27(22)14-15-28-23(2,3)4/h5-6,9-12,16-17H,7-8,13-15H2,1-4H3/t17-/m0/s1. The monoisotopic (exact) mass is 378 g/mol. The molecule has 0 amide bonds. The van der Waals surface area contributed by atoms with Gasteiger partial charge in [0.1, 0.15) is 11.6 Å². The van der Waals surface area contributed by atoms with Crippen molar-refractivity contribution in [3.63, 3.8) is 0 Å². The number of nitrogens with zero attached hydrogens (tertiary/aromatic N) is 4. The zero-order valence-corrected chi connectivity index (χ0v) is 17.4. The van der Waals surface area contributed by atoms with Crippen LogP contribution in [0.1, 0.15) is 40.5 Å². The average molecular weight is 379 g/mol. The van der Waals surface area contributed by atoms with E-state index in [1.54, 1.807) is 0 Å². The summed E-state index contributed by atoms with van der Waals surface area (Å²) in [5, 5.41) is 0. The number of para-hydroxylation sites is 2. The summed E-state index contributed by atoms with van der Waals surface area (Å²) >= 11 is 0. The average Bonchev–Trinajstić information content (AvgIpc) is 3.25. The molecule has 0 unspecified atom stereocenters. The second kappa shape index (κ2) is 7.55. The Hall–Kier alpha value is -2.40. The van der Waals surface area contributed by atoms with E-state index in [1.807, 2.05) is 12.3 Å². The SMILES string of the molecule is C[C@H]1CCCN1c1ccc(-c2nc3ccccc3n2CCOC(C)(C)C)cn1. The van der Waals surface area contributed by atoms with Crippen LogP contribution in [0.4, 0.5) is 5.82 Å². The highest BCUT2D eigenvalue weighted by molar-refractivity contribution is 5.80. The Bertz CT molecular complexity index is 939. The van der Waals surface area contributed by atoms with Crippen molar-refractivity contribution < 1.29 is 4.74 Å². The highest BCUT2D eigenvalue weighted by atomic mass is 16.5. The van der Waals surface area contributed by atoms with Crippen LogP contribution in [0.15, 0.2) is 42.6 Å². The van der Waals surface area contributed by atoms with Crippen LogP contribution in [0, 0.1) is 0 Å². The Morgan fingerprint density at radius 1 is 1.14 bits per heavy atom. The first-order chi connectivity index (χ1) is 13.4. The lowest BCUT2D eigenvalue weighted by molar-refractivity contribution is -0.00635. The molecule has 28 heavy (non-hydrogen) atoms. The van der Waals surface area contributed by atoms with Crippen molar-refractivity contribution in [3.05, 3.63) is 42.6 Å². The molecule has 0 radical (unpaired) electrons. The Morgan fingerprint density at radius 3 is 2.64 bits per heavy atom. The predicted octanol–water partition coefficient (Wildman–Crippen LogP) is 4.90. The van der Waals surface area contributed by atoms with Gasteiger partial charge in [0.25, 0.3) is 0 Å². The highest BCUT2D eigenvalue weighted by Crippen LogP contribution is 2.28. The molecule has 5 nitrogen and oxygen atoms in total.